The highest BCUT2D eigenvalue weighted by Crippen LogP contribution is 2.46. The topological polar surface area (TPSA) is 54.4 Å². The Morgan fingerprint density at radius 2 is 1.83 bits per heavy atom. The van der Waals surface area contributed by atoms with Gasteiger partial charge in [-0.05, 0) is 35.7 Å². The van der Waals surface area contributed by atoms with Crippen molar-refractivity contribution in [1.82, 2.24) is 4.90 Å². The third-order valence-electron chi connectivity index (χ3n) is 5.88. The van der Waals surface area contributed by atoms with Gasteiger partial charge < -0.3 is 14.4 Å². The summed E-state index contributed by atoms with van der Waals surface area (Å²) >= 11 is 0. The minimum Gasteiger partial charge on any atom is -0.454 e. The number of hydrogen-bond acceptors (Lipinski definition) is 5. The molecular weight excluding hydrogens is 378 g/mol. The van der Waals surface area contributed by atoms with Crippen molar-refractivity contribution in [2.24, 2.45) is 10.9 Å². The van der Waals surface area contributed by atoms with E-state index in [-0.39, 0.29) is 24.7 Å². The molecule has 0 saturated heterocycles. The monoisotopic (exact) mass is 403 g/mol. The summed E-state index contributed by atoms with van der Waals surface area (Å²) in [6, 6.07) is 15.5. The van der Waals surface area contributed by atoms with Crippen molar-refractivity contribution in [3.63, 3.8) is 0 Å². The maximum atomic E-state index is 13.8. The number of hydrogen-bond donors (Lipinski definition) is 0. The van der Waals surface area contributed by atoms with E-state index in [0.717, 1.165) is 40.5 Å². The third-order valence-corrected chi connectivity index (χ3v) is 5.88. The standard InChI is InChI=1S/C24H25N3O3/c1-15(2)21-20-22(16-9-10-18-19(13-16)30-14-29-18)27(17-7-5-4-6-8-17)24(28)23(20)26(3)12-11-25-21/h4-10,13,15,22H,11-12,14H2,1-3H3. The summed E-state index contributed by atoms with van der Waals surface area (Å²) in [5, 5.41) is 0. The number of likely N-dealkylation sites (N-methyl/N-ethyl adjacent to an activating group) is 1. The number of aliphatic imine (C=N–C) groups is 1. The Hall–Kier alpha value is -3.28. The fourth-order valence-electron chi connectivity index (χ4n) is 4.50. The van der Waals surface area contributed by atoms with Gasteiger partial charge in [0.05, 0.1) is 12.6 Å². The lowest BCUT2D eigenvalue weighted by molar-refractivity contribution is -0.116. The predicted molar refractivity (Wildman–Crippen MR) is 116 cm³/mol. The lowest BCUT2D eigenvalue weighted by Gasteiger charge is -2.29. The van der Waals surface area contributed by atoms with Gasteiger partial charge in [-0.3, -0.25) is 14.7 Å². The zero-order chi connectivity index (χ0) is 20.8. The Kier molecular flexibility index (Phi) is 4.50. The Balaban J connectivity index is 1.73. The molecule has 6 nitrogen and oxygen atoms in total. The minimum atomic E-state index is -0.272. The lowest BCUT2D eigenvalue weighted by atomic mass is 9.89. The molecule has 3 aliphatic heterocycles. The fraction of sp³-hybridized carbons (Fsp3) is 0.333. The second-order valence-electron chi connectivity index (χ2n) is 8.13. The van der Waals surface area contributed by atoms with Crippen molar-refractivity contribution in [2.45, 2.75) is 19.9 Å². The second-order valence-corrected chi connectivity index (χ2v) is 8.13. The largest absolute Gasteiger partial charge is 0.454 e. The second kappa shape index (κ2) is 7.20. The highest BCUT2D eigenvalue weighted by molar-refractivity contribution is 6.19. The molecular formula is C24H25N3O3. The van der Waals surface area contributed by atoms with Gasteiger partial charge >= 0.3 is 0 Å². The zero-order valence-electron chi connectivity index (χ0n) is 17.5. The number of nitrogens with zero attached hydrogens (tertiary/aromatic N) is 3. The number of amides is 1. The van der Waals surface area contributed by atoms with Crippen molar-refractivity contribution >= 4 is 17.3 Å². The van der Waals surface area contributed by atoms with E-state index >= 15 is 0 Å². The van der Waals surface area contributed by atoms with Crippen LogP contribution in [0.3, 0.4) is 0 Å². The van der Waals surface area contributed by atoms with Gasteiger partial charge in [-0.1, -0.05) is 38.1 Å². The van der Waals surface area contributed by atoms with Crippen LogP contribution in [0.25, 0.3) is 0 Å². The summed E-state index contributed by atoms with van der Waals surface area (Å²) in [7, 11) is 1.98. The minimum absolute atomic E-state index is 0.0108. The molecule has 0 aromatic heterocycles. The van der Waals surface area contributed by atoms with Crippen LogP contribution < -0.4 is 14.4 Å². The molecule has 2 aromatic rings. The van der Waals surface area contributed by atoms with Gasteiger partial charge in [0.25, 0.3) is 5.91 Å². The molecule has 3 heterocycles. The number of benzene rings is 2. The maximum absolute atomic E-state index is 13.8. The molecule has 0 N–H and O–H groups in total. The van der Waals surface area contributed by atoms with Crippen molar-refractivity contribution < 1.29 is 14.3 Å². The lowest BCUT2D eigenvalue weighted by Crippen LogP contribution is -2.34. The Morgan fingerprint density at radius 1 is 1.07 bits per heavy atom. The smallest absolute Gasteiger partial charge is 0.275 e. The number of para-hydroxylation sites is 1. The molecule has 0 spiro atoms. The highest BCUT2D eigenvalue weighted by atomic mass is 16.7. The normalized spacial score (nSPS) is 20.6. The Bertz CT molecular complexity index is 1060. The summed E-state index contributed by atoms with van der Waals surface area (Å²) in [4.78, 5) is 22.7. The van der Waals surface area contributed by atoms with Gasteiger partial charge in [0.2, 0.25) is 6.79 Å². The summed E-state index contributed by atoms with van der Waals surface area (Å²) < 4.78 is 11.1. The third kappa shape index (κ3) is 2.86. The zero-order valence-corrected chi connectivity index (χ0v) is 17.5. The number of rotatable bonds is 3. The molecule has 30 heavy (non-hydrogen) atoms. The molecule has 0 saturated carbocycles. The van der Waals surface area contributed by atoms with Crippen LogP contribution in [0.2, 0.25) is 0 Å². The van der Waals surface area contributed by atoms with E-state index in [1.165, 1.54) is 0 Å². The SMILES string of the molecule is CC(C)C1=NCCN(C)C2=C1C(c1ccc3c(c1)OCO3)N(c1ccccc1)C2=O. The van der Waals surface area contributed by atoms with Crippen LogP contribution in [0.1, 0.15) is 25.5 Å². The van der Waals surface area contributed by atoms with E-state index < -0.39 is 0 Å². The van der Waals surface area contributed by atoms with Crippen LogP contribution in [-0.4, -0.2) is 43.4 Å². The first-order valence-electron chi connectivity index (χ1n) is 10.3. The number of carbonyl (C=O) groups is 1. The molecule has 2 aromatic carbocycles. The van der Waals surface area contributed by atoms with Crippen LogP contribution in [0.4, 0.5) is 5.69 Å². The first kappa shape index (κ1) is 18.7. The molecule has 1 amide bonds. The molecule has 1 atom stereocenters. The first-order chi connectivity index (χ1) is 14.6. The Labute approximate surface area is 176 Å². The van der Waals surface area contributed by atoms with E-state index in [0.29, 0.717) is 12.3 Å². The van der Waals surface area contributed by atoms with Gasteiger partial charge in [0.1, 0.15) is 5.70 Å². The van der Waals surface area contributed by atoms with E-state index in [9.17, 15) is 4.79 Å². The van der Waals surface area contributed by atoms with Crippen molar-refractivity contribution in [3.8, 4) is 11.5 Å². The number of fused-ring (bicyclic) bond motifs is 1. The van der Waals surface area contributed by atoms with Gasteiger partial charge in [-0.25, -0.2) is 0 Å². The highest BCUT2D eigenvalue weighted by Gasteiger charge is 2.45. The van der Waals surface area contributed by atoms with E-state index in [1.54, 1.807) is 0 Å². The summed E-state index contributed by atoms with van der Waals surface area (Å²) in [6.07, 6.45) is 0. The Morgan fingerprint density at radius 3 is 2.60 bits per heavy atom. The summed E-state index contributed by atoms with van der Waals surface area (Å²) in [5.74, 6) is 1.67. The first-order valence-corrected chi connectivity index (χ1v) is 10.3. The van der Waals surface area contributed by atoms with Crippen LogP contribution >= 0.6 is 0 Å². The quantitative estimate of drug-likeness (QED) is 0.782. The van der Waals surface area contributed by atoms with Crippen molar-refractivity contribution in [2.75, 3.05) is 31.8 Å². The average molecular weight is 403 g/mol. The molecule has 1 unspecified atom stereocenters. The van der Waals surface area contributed by atoms with Gasteiger partial charge in [0.15, 0.2) is 11.5 Å². The van der Waals surface area contributed by atoms with E-state index in [2.05, 4.69) is 18.7 Å². The molecule has 0 aliphatic carbocycles. The van der Waals surface area contributed by atoms with E-state index in [4.69, 9.17) is 14.5 Å². The van der Waals surface area contributed by atoms with Crippen LogP contribution in [0, 0.1) is 5.92 Å². The van der Waals surface area contributed by atoms with E-state index in [1.807, 2.05) is 60.5 Å². The molecule has 3 aliphatic rings. The number of carbonyl (C=O) groups excluding carboxylic acids is 1. The molecule has 6 heteroatoms. The maximum Gasteiger partial charge on any atom is 0.275 e. The molecule has 0 radical (unpaired) electrons. The summed E-state index contributed by atoms with van der Waals surface area (Å²) in [5.41, 5.74) is 4.60. The van der Waals surface area contributed by atoms with Gasteiger partial charge in [-0.2, -0.15) is 0 Å². The van der Waals surface area contributed by atoms with Crippen molar-refractivity contribution in [3.05, 3.63) is 65.4 Å². The van der Waals surface area contributed by atoms with Crippen LogP contribution in [0.5, 0.6) is 11.5 Å². The van der Waals surface area contributed by atoms with Gasteiger partial charge in [0, 0.05) is 30.6 Å². The molecule has 0 bridgehead atoms. The van der Waals surface area contributed by atoms with Crippen LogP contribution in [-0.2, 0) is 4.79 Å². The molecule has 0 fully saturated rings. The average Bonchev–Trinajstić information content (AvgIpc) is 3.27. The molecule has 5 rings (SSSR count). The van der Waals surface area contributed by atoms with Crippen molar-refractivity contribution in [1.29, 1.82) is 0 Å². The summed E-state index contributed by atoms with van der Waals surface area (Å²) in [6.45, 7) is 5.91. The number of anilines is 1. The number of ether oxygens (including phenoxy) is 2. The molecule has 154 valence electrons. The predicted octanol–water partition coefficient (Wildman–Crippen LogP) is 3.80. The fourth-order valence-corrected chi connectivity index (χ4v) is 4.50. The van der Waals surface area contributed by atoms with Crippen LogP contribution in [0.15, 0.2) is 64.8 Å². The van der Waals surface area contributed by atoms with Gasteiger partial charge in [-0.15, -0.1) is 0 Å².